The van der Waals surface area contributed by atoms with Crippen LogP contribution in [0.15, 0.2) is 5.38 Å². The predicted molar refractivity (Wildman–Crippen MR) is 86.9 cm³/mol. The summed E-state index contributed by atoms with van der Waals surface area (Å²) in [7, 11) is 0. The van der Waals surface area contributed by atoms with Gasteiger partial charge in [0.15, 0.2) is 5.13 Å². The maximum Gasteiger partial charge on any atom is 0.306 e. The lowest BCUT2D eigenvalue weighted by molar-refractivity contribution is -0.143. The van der Waals surface area contributed by atoms with E-state index in [1.54, 1.807) is 11.3 Å². The van der Waals surface area contributed by atoms with Crippen LogP contribution in [0.5, 0.6) is 0 Å². The molecule has 1 saturated heterocycles. The molecule has 2 rings (SSSR count). The van der Waals surface area contributed by atoms with Crippen molar-refractivity contribution < 1.29 is 9.53 Å². The predicted octanol–water partition coefficient (Wildman–Crippen LogP) is 3.66. The summed E-state index contributed by atoms with van der Waals surface area (Å²) in [6, 6.07) is 0. The minimum absolute atomic E-state index is 0.132. The average molecular weight is 310 g/mol. The molecule has 0 radical (unpaired) electrons. The summed E-state index contributed by atoms with van der Waals surface area (Å²) in [5.74, 6) is 0.766. The van der Waals surface area contributed by atoms with Crippen molar-refractivity contribution in [2.45, 2.75) is 52.4 Å². The first-order valence-corrected chi connectivity index (χ1v) is 8.95. The zero-order valence-electron chi connectivity index (χ0n) is 13.1. The van der Waals surface area contributed by atoms with Gasteiger partial charge in [0.25, 0.3) is 0 Å². The zero-order valence-corrected chi connectivity index (χ0v) is 14.0. The zero-order chi connectivity index (χ0) is 15.1. The molecule has 1 aromatic rings. The van der Waals surface area contributed by atoms with Gasteiger partial charge in [-0.25, -0.2) is 4.98 Å². The van der Waals surface area contributed by atoms with Crippen LogP contribution in [0.25, 0.3) is 0 Å². The molecule has 1 fully saturated rings. The van der Waals surface area contributed by atoms with E-state index in [9.17, 15) is 4.79 Å². The Morgan fingerprint density at radius 2 is 2.19 bits per heavy atom. The molecule has 1 aliphatic heterocycles. The molecule has 5 heteroatoms. The largest absolute Gasteiger partial charge is 0.466 e. The molecular weight excluding hydrogens is 284 g/mol. The number of carbonyl (C=O) groups excluding carboxylic acids is 1. The second kappa shape index (κ2) is 8.37. The maximum atomic E-state index is 11.4. The first kappa shape index (κ1) is 16.3. The van der Waals surface area contributed by atoms with Crippen LogP contribution < -0.4 is 4.90 Å². The highest BCUT2D eigenvalue weighted by Gasteiger charge is 2.20. The van der Waals surface area contributed by atoms with E-state index in [-0.39, 0.29) is 5.97 Å². The molecule has 2 heterocycles. The Labute approximate surface area is 131 Å². The third-order valence-corrected chi connectivity index (χ3v) is 4.96. The minimum atomic E-state index is -0.132. The van der Waals surface area contributed by atoms with E-state index in [1.807, 2.05) is 6.92 Å². The Bertz CT molecular complexity index is 439. The van der Waals surface area contributed by atoms with Crippen LogP contribution >= 0.6 is 11.3 Å². The van der Waals surface area contributed by atoms with Crippen LogP contribution in [0, 0.1) is 5.92 Å². The number of thiazole rings is 1. The van der Waals surface area contributed by atoms with Gasteiger partial charge in [-0.05, 0) is 25.7 Å². The first-order chi connectivity index (χ1) is 10.2. The van der Waals surface area contributed by atoms with Gasteiger partial charge in [0.2, 0.25) is 0 Å². The van der Waals surface area contributed by atoms with Gasteiger partial charge >= 0.3 is 5.97 Å². The van der Waals surface area contributed by atoms with Crippen molar-refractivity contribution in [2.75, 3.05) is 24.6 Å². The molecule has 0 spiro atoms. The molecule has 0 bridgehead atoms. The molecule has 0 amide bonds. The van der Waals surface area contributed by atoms with Crippen LogP contribution in [0.2, 0.25) is 0 Å². The van der Waals surface area contributed by atoms with E-state index in [4.69, 9.17) is 4.74 Å². The smallest absolute Gasteiger partial charge is 0.306 e. The molecule has 0 aromatic carbocycles. The SMILES string of the molecule is CCCC1CCN(c2nc(CCC(=O)OCC)cs2)CC1. The quantitative estimate of drug-likeness (QED) is 0.721. The van der Waals surface area contributed by atoms with Crippen LogP contribution in [0.1, 0.15) is 51.6 Å². The number of ether oxygens (including phenoxy) is 1. The number of nitrogens with zero attached hydrogens (tertiary/aromatic N) is 2. The monoisotopic (exact) mass is 310 g/mol. The van der Waals surface area contributed by atoms with E-state index >= 15 is 0 Å². The molecular formula is C16H26N2O2S. The van der Waals surface area contributed by atoms with Gasteiger partial charge in [-0.3, -0.25) is 4.79 Å². The highest BCUT2D eigenvalue weighted by molar-refractivity contribution is 7.13. The highest BCUT2D eigenvalue weighted by atomic mass is 32.1. The van der Waals surface area contributed by atoms with E-state index < -0.39 is 0 Å². The lowest BCUT2D eigenvalue weighted by Crippen LogP contribution is -2.33. The van der Waals surface area contributed by atoms with E-state index in [0.717, 1.165) is 29.8 Å². The molecule has 118 valence electrons. The Morgan fingerprint density at radius 1 is 1.43 bits per heavy atom. The van der Waals surface area contributed by atoms with E-state index in [2.05, 4.69) is 22.2 Å². The van der Waals surface area contributed by atoms with Crippen LogP contribution in [0.4, 0.5) is 5.13 Å². The van der Waals surface area contributed by atoms with Crippen molar-refractivity contribution in [3.05, 3.63) is 11.1 Å². The summed E-state index contributed by atoms with van der Waals surface area (Å²) in [6.07, 6.45) is 6.32. The van der Waals surface area contributed by atoms with Crippen molar-refractivity contribution in [3.8, 4) is 0 Å². The normalized spacial score (nSPS) is 16.2. The summed E-state index contributed by atoms with van der Waals surface area (Å²) >= 11 is 1.70. The fraction of sp³-hybridized carbons (Fsp3) is 0.750. The number of aromatic nitrogens is 1. The molecule has 0 saturated carbocycles. The number of piperidine rings is 1. The van der Waals surface area contributed by atoms with E-state index in [0.29, 0.717) is 19.4 Å². The third kappa shape index (κ3) is 4.99. The average Bonchev–Trinajstić information content (AvgIpc) is 2.95. The molecule has 0 aliphatic carbocycles. The Balaban J connectivity index is 1.79. The summed E-state index contributed by atoms with van der Waals surface area (Å²) in [5.41, 5.74) is 1.01. The number of esters is 1. The fourth-order valence-corrected chi connectivity index (χ4v) is 3.75. The van der Waals surface area contributed by atoms with Crippen LogP contribution in [-0.2, 0) is 16.0 Å². The molecule has 0 N–H and O–H groups in total. The summed E-state index contributed by atoms with van der Waals surface area (Å²) < 4.78 is 4.95. The van der Waals surface area contributed by atoms with Crippen molar-refractivity contribution in [1.82, 2.24) is 4.98 Å². The van der Waals surface area contributed by atoms with Crippen molar-refractivity contribution >= 4 is 22.4 Å². The number of aryl methyl sites for hydroxylation is 1. The van der Waals surface area contributed by atoms with Gasteiger partial charge in [0, 0.05) is 24.9 Å². The lowest BCUT2D eigenvalue weighted by Gasteiger charge is -2.31. The molecule has 1 aliphatic rings. The van der Waals surface area contributed by atoms with Crippen molar-refractivity contribution in [2.24, 2.45) is 5.92 Å². The molecule has 4 nitrogen and oxygen atoms in total. The van der Waals surface area contributed by atoms with Gasteiger partial charge < -0.3 is 9.64 Å². The van der Waals surface area contributed by atoms with Crippen LogP contribution in [-0.4, -0.2) is 30.6 Å². The number of hydrogen-bond donors (Lipinski definition) is 0. The Kier molecular flexibility index (Phi) is 6.49. The van der Waals surface area contributed by atoms with Crippen molar-refractivity contribution in [1.29, 1.82) is 0 Å². The lowest BCUT2D eigenvalue weighted by atomic mass is 9.93. The number of rotatable bonds is 7. The summed E-state index contributed by atoms with van der Waals surface area (Å²) in [5, 5.41) is 3.19. The van der Waals surface area contributed by atoms with Crippen LogP contribution in [0.3, 0.4) is 0 Å². The first-order valence-electron chi connectivity index (χ1n) is 8.07. The summed E-state index contributed by atoms with van der Waals surface area (Å²) in [4.78, 5) is 18.4. The number of carbonyl (C=O) groups is 1. The Hall–Kier alpha value is -1.10. The van der Waals surface area contributed by atoms with Gasteiger partial charge in [-0.1, -0.05) is 19.8 Å². The minimum Gasteiger partial charge on any atom is -0.466 e. The van der Waals surface area contributed by atoms with Gasteiger partial charge in [0.05, 0.1) is 18.7 Å². The molecule has 0 atom stereocenters. The Morgan fingerprint density at radius 3 is 2.86 bits per heavy atom. The van der Waals surface area contributed by atoms with E-state index in [1.165, 1.54) is 25.7 Å². The second-order valence-electron chi connectivity index (χ2n) is 5.65. The fourth-order valence-electron chi connectivity index (χ4n) is 2.84. The second-order valence-corrected chi connectivity index (χ2v) is 6.48. The number of anilines is 1. The summed E-state index contributed by atoms with van der Waals surface area (Å²) in [6.45, 7) is 6.79. The third-order valence-electron chi connectivity index (χ3n) is 4.01. The maximum absolute atomic E-state index is 11.4. The molecule has 0 unspecified atom stereocenters. The molecule has 21 heavy (non-hydrogen) atoms. The topological polar surface area (TPSA) is 42.4 Å². The molecule has 1 aromatic heterocycles. The standard InChI is InChI=1S/C16H26N2O2S/c1-3-5-13-8-10-18(11-9-13)16-17-14(12-21-16)6-7-15(19)20-4-2/h12-13H,3-11H2,1-2H3. The van der Waals surface area contributed by atoms with Gasteiger partial charge in [0.1, 0.15) is 0 Å². The van der Waals surface area contributed by atoms with Crippen molar-refractivity contribution in [3.63, 3.8) is 0 Å². The number of hydrogen-bond acceptors (Lipinski definition) is 5. The highest BCUT2D eigenvalue weighted by Crippen LogP contribution is 2.28. The van der Waals surface area contributed by atoms with Gasteiger partial charge in [-0.15, -0.1) is 11.3 Å². The van der Waals surface area contributed by atoms with Gasteiger partial charge in [-0.2, -0.15) is 0 Å².